The number of unbranched alkanes of at least 4 members (excludes halogenated alkanes) is 12. The third-order valence-electron chi connectivity index (χ3n) is 6.29. The van der Waals surface area contributed by atoms with E-state index in [1.54, 1.807) is 0 Å². The van der Waals surface area contributed by atoms with Crippen molar-refractivity contribution in [2.24, 2.45) is 11.5 Å². The molecular formula is C27H62N6O. The summed E-state index contributed by atoms with van der Waals surface area (Å²) in [7, 11) is 0. The minimum atomic E-state index is -0.289. The maximum atomic E-state index is 10.1. The van der Waals surface area contributed by atoms with Gasteiger partial charge < -0.3 is 37.8 Å². The van der Waals surface area contributed by atoms with Gasteiger partial charge in [-0.3, -0.25) is 0 Å². The number of nitrogens with one attached hydrogen (secondary N) is 4. The number of hydrogen-bond donors (Lipinski definition) is 7. The molecule has 0 aliphatic carbocycles. The fraction of sp³-hybridized carbons (Fsp3) is 1.00. The van der Waals surface area contributed by atoms with Crippen LogP contribution in [0, 0.1) is 0 Å². The van der Waals surface area contributed by atoms with Gasteiger partial charge in [0.15, 0.2) is 0 Å². The highest BCUT2D eigenvalue weighted by molar-refractivity contribution is 4.63. The Bertz CT molecular complexity index is 330. The second kappa shape index (κ2) is 30.8. The van der Waals surface area contributed by atoms with Gasteiger partial charge in [-0.25, -0.2) is 0 Å². The first-order chi connectivity index (χ1) is 16.8. The van der Waals surface area contributed by atoms with E-state index in [1.165, 1.54) is 89.9 Å². The highest BCUT2D eigenvalue weighted by atomic mass is 16.3. The van der Waals surface area contributed by atoms with Gasteiger partial charge in [0.2, 0.25) is 0 Å². The Labute approximate surface area is 212 Å². The van der Waals surface area contributed by atoms with Crippen molar-refractivity contribution < 1.29 is 5.11 Å². The third kappa shape index (κ3) is 29.8. The molecule has 0 rings (SSSR count). The van der Waals surface area contributed by atoms with E-state index in [0.717, 1.165) is 65.2 Å². The summed E-state index contributed by atoms with van der Waals surface area (Å²) >= 11 is 0. The number of aliphatic hydroxyl groups excluding tert-OH is 1. The Hall–Kier alpha value is -0.280. The van der Waals surface area contributed by atoms with Crippen LogP contribution in [0.25, 0.3) is 0 Å². The van der Waals surface area contributed by atoms with Gasteiger partial charge in [-0.2, -0.15) is 0 Å². The van der Waals surface area contributed by atoms with Crippen molar-refractivity contribution in [1.29, 1.82) is 0 Å². The van der Waals surface area contributed by atoms with E-state index < -0.39 is 0 Å². The number of rotatable bonds is 30. The van der Waals surface area contributed by atoms with Crippen molar-refractivity contribution >= 4 is 0 Å². The molecule has 0 saturated carbocycles. The summed E-state index contributed by atoms with van der Waals surface area (Å²) < 4.78 is 0. The molecule has 0 aromatic heterocycles. The molecule has 7 nitrogen and oxygen atoms in total. The second-order valence-corrected chi connectivity index (χ2v) is 9.80. The fourth-order valence-electron chi connectivity index (χ4n) is 4.06. The van der Waals surface area contributed by atoms with Crippen LogP contribution in [-0.4, -0.2) is 76.7 Å². The SMILES string of the molecule is NCCCCCCNCCCCCCNCC(O)CNCCCCCCNCCCCCCN. The topological polar surface area (TPSA) is 120 Å². The average Bonchev–Trinajstić information content (AvgIpc) is 2.84. The van der Waals surface area contributed by atoms with Crippen LogP contribution in [0.3, 0.4) is 0 Å². The lowest BCUT2D eigenvalue weighted by atomic mass is 10.1. The Morgan fingerprint density at radius 1 is 0.382 bits per heavy atom. The molecule has 0 aromatic rings. The molecule has 0 aliphatic rings. The summed E-state index contributed by atoms with van der Waals surface area (Å²) in [4.78, 5) is 0. The Kier molecular flexibility index (Phi) is 30.5. The van der Waals surface area contributed by atoms with Crippen molar-refractivity contribution in [2.45, 2.75) is 109 Å². The summed E-state index contributed by atoms with van der Waals surface area (Å²) in [5, 5.41) is 23.9. The zero-order valence-corrected chi connectivity index (χ0v) is 22.6. The van der Waals surface area contributed by atoms with Crippen molar-refractivity contribution in [2.75, 3.05) is 65.4 Å². The maximum Gasteiger partial charge on any atom is 0.0788 e. The lowest BCUT2D eigenvalue weighted by Crippen LogP contribution is -2.36. The first-order valence-electron chi connectivity index (χ1n) is 14.7. The van der Waals surface area contributed by atoms with Crippen LogP contribution in [0.4, 0.5) is 0 Å². The molecule has 0 unspecified atom stereocenters. The molecule has 0 fully saturated rings. The molecular weight excluding hydrogens is 424 g/mol. The summed E-state index contributed by atoms with van der Waals surface area (Å²) in [5.41, 5.74) is 11.0. The predicted molar refractivity (Wildman–Crippen MR) is 149 cm³/mol. The van der Waals surface area contributed by atoms with Gasteiger partial charge in [0, 0.05) is 13.1 Å². The second-order valence-electron chi connectivity index (χ2n) is 9.80. The number of hydrogen-bond acceptors (Lipinski definition) is 7. The van der Waals surface area contributed by atoms with Crippen LogP contribution in [0.5, 0.6) is 0 Å². The van der Waals surface area contributed by atoms with Gasteiger partial charge in [-0.05, 0) is 104 Å². The lowest BCUT2D eigenvalue weighted by molar-refractivity contribution is 0.168. The molecule has 0 spiro atoms. The van der Waals surface area contributed by atoms with Crippen LogP contribution in [-0.2, 0) is 0 Å². The van der Waals surface area contributed by atoms with Gasteiger partial charge in [-0.15, -0.1) is 0 Å². The summed E-state index contributed by atoms with van der Waals surface area (Å²) in [6.45, 7) is 9.62. The Morgan fingerprint density at radius 2 is 0.647 bits per heavy atom. The summed E-state index contributed by atoms with van der Waals surface area (Å²) in [5.74, 6) is 0. The highest BCUT2D eigenvalue weighted by Gasteiger charge is 2.02. The van der Waals surface area contributed by atoms with Gasteiger partial charge in [0.05, 0.1) is 6.10 Å². The van der Waals surface area contributed by atoms with Crippen molar-refractivity contribution in [1.82, 2.24) is 21.3 Å². The smallest absolute Gasteiger partial charge is 0.0788 e. The normalized spacial score (nSPS) is 11.6. The molecule has 0 aliphatic heterocycles. The van der Waals surface area contributed by atoms with Crippen molar-refractivity contribution in [3.63, 3.8) is 0 Å². The molecule has 0 atom stereocenters. The number of nitrogens with two attached hydrogens (primary N) is 2. The Morgan fingerprint density at radius 3 is 0.941 bits per heavy atom. The predicted octanol–water partition coefficient (Wildman–Crippen LogP) is 2.86. The lowest BCUT2D eigenvalue weighted by Gasteiger charge is -2.13. The Balaban J connectivity index is 3.13. The minimum absolute atomic E-state index is 0.289. The number of aliphatic hydroxyl groups is 1. The van der Waals surface area contributed by atoms with Crippen LogP contribution in [0.15, 0.2) is 0 Å². The van der Waals surface area contributed by atoms with Crippen LogP contribution in [0.1, 0.15) is 103 Å². The van der Waals surface area contributed by atoms with E-state index in [9.17, 15) is 5.11 Å². The highest BCUT2D eigenvalue weighted by Crippen LogP contribution is 2.01. The molecule has 0 saturated heterocycles. The van der Waals surface area contributed by atoms with Gasteiger partial charge in [-0.1, -0.05) is 51.4 Å². The van der Waals surface area contributed by atoms with E-state index >= 15 is 0 Å². The standard InChI is InChI=1S/C27H62N6O/c28-17-9-1-3-11-19-30-21-13-5-7-15-23-32-25-27(34)26-33-24-16-8-6-14-22-31-20-12-4-2-10-18-29/h27,30-34H,1-26,28-29H2. The van der Waals surface area contributed by atoms with E-state index in [4.69, 9.17) is 11.5 Å². The van der Waals surface area contributed by atoms with Crippen LogP contribution >= 0.6 is 0 Å². The maximum absolute atomic E-state index is 10.1. The first kappa shape index (κ1) is 33.7. The summed E-state index contributed by atoms with van der Waals surface area (Å²) in [6, 6.07) is 0. The molecule has 7 heteroatoms. The van der Waals surface area contributed by atoms with Crippen molar-refractivity contribution in [3.05, 3.63) is 0 Å². The molecule has 0 bridgehead atoms. The van der Waals surface area contributed by atoms with Crippen LogP contribution in [0.2, 0.25) is 0 Å². The van der Waals surface area contributed by atoms with E-state index in [0.29, 0.717) is 13.1 Å². The largest absolute Gasteiger partial charge is 0.390 e. The monoisotopic (exact) mass is 486 g/mol. The van der Waals surface area contributed by atoms with E-state index in [-0.39, 0.29) is 6.10 Å². The molecule has 0 amide bonds. The molecule has 9 N–H and O–H groups in total. The summed E-state index contributed by atoms with van der Waals surface area (Å²) in [6.07, 6.45) is 19.8. The zero-order chi connectivity index (χ0) is 24.8. The molecule has 34 heavy (non-hydrogen) atoms. The van der Waals surface area contributed by atoms with Gasteiger partial charge in [0.25, 0.3) is 0 Å². The molecule has 206 valence electrons. The zero-order valence-electron chi connectivity index (χ0n) is 22.6. The third-order valence-corrected chi connectivity index (χ3v) is 6.29. The van der Waals surface area contributed by atoms with E-state index in [1.807, 2.05) is 0 Å². The van der Waals surface area contributed by atoms with Gasteiger partial charge in [0.1, 0.15) is 0 Å². The van der Waals surface area contributed by atoms with Crippen LogP contribution < -0.4 is 32.7 Å². The fourth-order valence-corrected chi connectivity index (χ4v) is 4.06. The van der Waals surface area contributed by atoms with Gasteiger partial charge >= 0.3 is 0 Å². The average molecular weight is 487 g/mol. The molecule has 0 radical (unpaired) electrons. The van der Waals surface area contributed by atoms with Crippen molar-refractivity contribution in [3.8, 4) is 0 Å². The van der Waals surface area contributed by atoms with E-state index in [2.05, 4.69) is 21.3 Å². The first-order valence-corrected chi connectivity index (χ1v) is 14.7. The minimum Gasteiger partial charge on any atom is -0.390 e. The molecule has 0 heterocycles. The quantitative estimate of drug-likeness (QED) is 0.0780. The molecule has 0 aromatic carbocycles.